The minimum absolute atomic E-state index is 0.0280. The minimum atomic E-state index is 0.0280. The molecule has 0 N–H and O–H groups in total. The van der Waals surface area contributed by atoms with Gasteiger partial charge in [-0.25, -0.2) is 0 Å². The fourth-order valence-corrected chi connectivity index (χ4v) is 2.99. The maximum Gasteiger partial charge on any atom is 0.242 e. The van der Waals surface area contributed by atoms with Crippen molar-refractivity contribution in [3.8, 4) is 0 Å². The smallest absolute Gasteiger partial charge is 0.242 e. The predicted octanol–water partition coefficient (Wildman–Crippen LogP) is 1.49. The van der Waals surface area contributed by atoms with Crippen molar-refractivity contribution in [2.45, 2.75) is 26.7 Å². The van der Waals surface area contributed by atoms with Crippen LogP contribution in [0.3, 0.4) is 0 Å². The highest BCUT2D eigenvalue weighted by Gasteiger charge is 2.34. The molecule has 0 aromatic carbocycles. The lowest BCUT2D eigenvalue weighted by molar-refractivity contribution is -0.150. The third kappa shape index (κ3) is 3.21. The molecule has 0 unspecified atom stereocenters. The molecule has 98 valence electrons. The van der Waals surface area contributed by atoms with Gasteiger partial charge in [-0.05, 0) is 18.3 Å². The molecule has 0 aromatic heterocycles. The number of hydrogen-bond donors (Lipinski definition) is 0. The summed E-state index contributed by atoms with van der Waals surface area (Å²) in [7, 11) is 1.68. The van der Waals surface area contributed by atoms with E-state index in [0.717, 1.165) is 18.2 Å². The largest absolute Gasteiger partial charge is 0.335 e. The Balaban J connectivity index is 2.73. The molecule has 1 rings (SSSR count). The van der Waals surface area contributed by atoms with E-state index in [-0.39, 0.29) is 30.3 Å². The van der Waals surface area contributed by atoms with Gasteiger partial charge in [-0.15, -0.1) is 0 Å². The number of alkyl halides is 1. The fraction of sp³-hybridized carbons (Fsp3) is 0.833. The number of hydrogen-bond acceptors (Lipinski definition) is 2. The summed E-state index contributed by atoms with van der Waals surface area (Å²) in [4.78, 5) is 26.7. The molecule has 2 amide bonds. The summed E-state index contributed by atoms with van der Waals surface area (Å²) in [6.45, 7) is 5.37. The van der Waals surface area contributed by atoms with Crippen LogP contribution < -0.4 is 0 Å². The summed E-state index contributed by atoms with van der Waals surface area (Å²) in [5, 5.41) is 0.862. The van der Waals surface area contributed by atoms with E-state index in [0.29, 0.717) is 6.54 Å². The van der Waals surface area contributed by atoms with E-state index in [9.17, 15) is 9.59 Å². The van der Waals surface area contributed by atoms with Gasteiger partial charge in [0.2, 0.25) is 11.8 Å². The first-order valence-electron chi connectivity index (χ1n) is 6.05. The van der Waals surface area contributed by atoms with Crippen LogP contribution in [-0.4, -0.2) is 53.6 Å². The van der Waals surface area contributed by atoms with Crippen LogP contribution >= 0.6 is 15.9 Å². The Labute approximate surface area is 111 Å². The average molecular weight is 305 g/mol. The molecular formula is C12H21BrN2O2. The van der Waals surface area contributed by atoms with Crippen LogP contribution in [-0.2, 0) is 9.59 Å². The van der Waals surface area contributed by atoms with Gasteiger partial charge in [0, 0.05) is 18.9 Å². The van der Waals surface area contributed by atoms with Crippen molar-refractivity contribution in [3.05, 3.63) is 0 Å². The second-order valence-corrected chi connectivity index (χ2v) is 5.40. The number of rotatable bonds is 5. The minimum Gasteiger partial charge on any atom is -0.335 e. The number of carbonyl (C=O) groups is 2. The molecule has 0 spiro atoms. The van der Waals surface area contributed by atoms with Gasteiger partial charge >= 0.3 is 0 Å². The van der Waals surface area contributed by atoms with Gasteiger partial charge in [-0.3, -0.25) is 9.59 Å². The lowest BCUT2D eigenvalue weighted by Gasteiger charge is -2.39. The Morgan fingerprint density at radius 1 is 1.18 bits per heavy atom. The number of amides is 2. The fourth-order valence-electron chi connectivity index (χ4n) is 2.02. The SMILES string of the molecule is CCC(CC)(CBr)CN1CC(=O)N(C)CC1=O. The van der Waals surface area contributed by atoms with Crippen molar-refractivity contribution in [1.29, 1.82) is 0 Å². The van der Waals surface area contributed by atoms with E-state index in [4.69, 9.17) is 0 Å². The molecule has 1 saturated heterocycles. The number of nitrogens with zero attached hydrogens (tertiary/aromatic N) is 2. The van der Waals surface area contributed by atoms with Gasteiger partial charge in [-0.2, -0.15) is 0 Å². The highest BCUT2D eigenvalue weighted by atomic mass is 79.9. The topological polar surface area (TPSA) is 40.6 Å². The second kappa shape index (κ2) is 5.85. The van der Waals surface area contributed by atoms with Crippen molar-refractivity contribution >= 4 is 27.7 Å². The summed E-state index contributed by atoms with van der Waals surface area (Å²) >= 11 is 3.53. The monoisotopic (exact) mass is 304 g/mol. The molecule has 0 aromatic rings. The standard InChI is InChI=1S/C12H21BrN2O2/c1-4-12(5-2,8-13)9-15-7-10(16)14(3)6-11(15)17/h4-9H2,1-3H3. The van der Waals surface area contributed by atoms with Crippen LogP contribution in [0.15, 0.2) is 0 Å². The molecular weight excluding hydrogens is 284 g/mol. The number of piperazine rings is 1. The van der Waals surface area contributed by atoms with Gasteiger partial charge < -0.3 is 9.80 Å². The Bertz CT molecular complexity index is 295. The molecule has 4 nitrogen and oxygen atoms in total. The summed E-state index contributed by atoms with van der Waals surface area (Å²) in [5.74, 6) is 0.0830. The van der Waals surface area contributed by atoms with Crippen LogP contribution in [0.1, 0.15) is 26.7 Å². The van der Waals surface area contributed by atoms with Crippen molar-refractivity contribution in [2.24, 2.45) is 5.41 Å². The summed E-state index contributed by atoms with van der Waals surface area (Å²) < 4.78 is 0. The van der Waals surface area contributed by atoms with E-state index in [1.165, 1.54) is 4.90 Å². The van der Waals surface area contributed by atoms with E-state index >= 15 is 0 Å². The normalized spacial score (nSPS) is 17.9. The summed E-state index contributed by atoms with van der Waals surface area (Å²) in [5.41, 5.74) is 0.0891. The molecule has 1 aliphatic heterocycles. The first kappa shape index (κ1) is 14.5. The van der Waals surface area contributed by atoms with Gasteiger partial charge in [0.25, 0.3) is 0 Å². The first-order valence-corrected chi connectivity index (χ1v) is 7.18. The molecule has 0 aliphatic carbocycles. The zero-order valence-corrected chi connectivity index (χ0v) is 12.4. The molecule has 0 bridgehead atoms. The Hall–Kier alpha value is -0.580. The predicted molar refractivity (Wildman–Crippen MR) is 71.0 cm³/mol. The van der Waals surface area contributed by atoms with E-state index in [1.807, 2.05) is 0 Å². The molecule has 0 radical (unpaired) electrons. The summed E-state index contributed by atoms with van der Waals surface area (Å²) in [6, 6.07) is 0. The van der Waals surface area contributed by atoms with Crippen molar-refractivity contribution in [3.63, 3.8) is 0 Å². The van der Waals surface area contributed by atoms with Crippen molar-refractivity contribution < 1.29 is 9.59 Å². The van der Waals surface area contributed by atoms with Crippen LogP contribution in [0.5, 0.6) is 0 Å². The number of carbonyl (C=O) groups excluding carboxylic acids is 2. The quantitative estimate of drug-likeness (QED) is 0.722. The third-order valence-corrected chi connectivity index (χ3v) is 4.98. The molecule has 17 heavy (non-hydrogen) atoms. The Morgan fingerprint density at radius 2 is 1.76 bits per heavy atom. The maximum atomic E-state index is 11.9. The Kier molecular flexibility index (Phi) is 4.98. The highest BCUT2D eigenvalue weighted by Crippen LogP contribution is 2.30. The van der Waals surface area contributed by atoms with Gasteiger partial charge in [-0.1, -0.05) is 29.8 Å². The number of likely N-dealkylation sites (N-methyl/N-ethyl adjacent to an activating group) is 1. The van der Waals surface area contributed by atoms with Crippen molar-refractivity contribution in [2.75, 3.05) is 32.0 Å². The summed E-state index contributed by atoms with van der Waals surface area (Å²) in [6.07, 6.45) is 2.01. The molecule has 1 heterocycles. The van der Waals surface area contributed by atoms with E-state index < -0.39 is 0 Å². The van der Waals surface area contributed by atoms with Crippen LogP contribution in [0.25, 0.3) is 0 Å². The van der Waals surface area contributed by atoms with E-state index in [1.54, 1.807) is 11.9 Å². The van der Waals surface area contributed by atoms with Crippen LogP contribution in [0, 0.1) is 5.41 Å². The Morgan fingerprint density at radius 3 is 2.24 bits per heavy atom. The zero-order valence-electron chi connectivity index (χ0n) is 10.8. The van der Waals surface area contributed by atoms with E-state index in [2.05, 4.69) is 29.8 Å². The molecule has 5 heteroatoms. The first-order chi connectivity index (χ1) is 7.98. The maximum absolute atomic E-state index is 11.9. The lowest BCUT2D eigenvalue weighted by Crippen LogP contribution is -2.55. The molecule has 0 atom stereocenters. The lowest BCUT2D eigenvalue weighted by atomic mass is 9.84. The molecule has 1 aliphatic rings. The van der Waals surface area contributed by atoms with Gasteiger partial charge in [0.05, 0.1) is 13.1 Å². The number of halogens is 1. The molecule has 0 saturated carbocycles. The van der Waals surface area contributed by atoms with Gasteiger partial charge in [0.15, 0.2) is 0 Å². The van der Waals surface area contributed by atoms with Crippen LogP contribution in [0.4, 0.5) is 0 Å². The second-order valence-electron chi connectivity index (χ2n) is 4.84. The third-order valence-electron chi connectivity index (χ3n) is 3.79. The van der Waals surface area contributed by atoms with Crippen molar-refractivity contribution in [1.82, 2.24) is 9.80 Å². The average Bonchev–Trinajstić information content (AvgIpc) is 2.33. The highest BCUT2D eigenvalue weighted by molar-refractivity contribution is 9.09. The zero-order chi connectivity index (χ0) is 13.1. The molecule has 1 fully saturated rings. The van der Waals surface area contributed by atoms with Gasteiger partial charge in [0.1, 0.15) is 0 Å². The van der Waals surface area contributed by atoms with Crippen LogP contribution in [0.2, 0.25) is 0 Å².